The smallest absolute Gasteiger partial charge is 0.137 e. The lowest BCUT2D eigenvalue weighted by Crippen LogP contribution is -2.10. The molecule has 0 unspecified atom stereocenters. The summed E-state index contributed by atoms with van der Waals surface area (Å²) in [6, 6.07) is 13.0. The molecule has 1 N–H and O–H groups in total. The quantitative estimate of drug-likeness (QED) is 0.827. The van der Waals surface area contributed by atoms with E-state index in [2.05, 4.69) is 32.9 Å². The van der Waals surface area contributed by atoms with Crippen molar-refractivity contribution in [3.63, 3.8) is 0 Å². The molecule has 0 saturated carbocycles. The third-order valence-corrected chi connectivity index (χ3v) is 4.53. The van der Waals surface area contributed by atoms with E-state index in [1.54, 1.807) is 19.1 Å². The number of halogens is 1. The first-order chi connectivity index (χ1) is 9.79. The second kappa shape index (κ2) is 6.20. The van der Waals surface area contributed by atoms with E-state index in [4.69, 9.17) is 0 Å². The molecule has 0 aliphatic heterocycles. The van der Waals surface area contributed by atoms with Crippen LogP contribution in [0.4, 0.5) is 4.39 Å². The van der Waals surface area contributed by atoms with Crippen molar-refractivity contribution in [1.82, 2.24) is 0 Å². The first-order valence-electron chi connectivity index (χ1n) is 7.04. The molecule has 0 bridgehead atoms. The largest absolute Gasteiger partial charge is 0.389 e. The highest BCUT2D eigenvalue weighted by atomic mass is 32.2. The zero-order valence-corrected chi connectivity index (χ0v) is 13.7. The Kier molecular flexibility index (Phi) is 4.74. The van der Waals surface area contributed by atoms with Crippen molar-refractivity contribution in [2.75, 3.05) is 0 Å². The predicted molar refractivity (Wildman–Crippen MR) is 86.3 cm³/mol. The van der Waals surface area contributed by atoms with Crippen molar-refractivity contribution in [2.45, 2.75) is 49.0 Å². The molecule has 0 spiro atoms. The fraction of sp³-hybridized carbons (Fsp3) is 0.333. The second-order valence-corrected chi connectivity index (χ2v) is 7.29. The van der Waals surface area contributed by atoms with E-state index in [9.17, 15) is 9.50 Å². The fourth-order valence-electron chi connectivity index (χ4n) is 2.10. The summed E-state index contributed by atoms with van der Waals surface area (Å²) in [5, 5.41) is 9.78. The molecule has 0 amide bonds. The molecule has 0 heterocycles. The van der Waals surface area contributed by atoms with Crippen LogP contribution in [0.3, 0.4) is 0 Å². The van der Waals surface area contributed by atoms with Crippen LogP contribution in [0.1, 0.15) is 44.9 Å². The van der Waals surface area contributed by atoms with Gasteiger partial charge < -0.3 is 5.11 Å². The SMILES string of the molecule is C[C@H](O)c1cccc(F)c1Sc1ccc(C(C)(C)C)cc1. The van der Waals surface area contributed by atoms with Gasteiger partial charge >= 0.3 is 0 Å². The van der Waals surface area contributed by atoms with Gasteiger partial charge in [0.25, 0.3) is 0 Å². The van der Waals surface area contributed by atoms with Crippen molar-refractivity contribution in [2.24, 2.45) is 0 Å². The van der Waals surface area contributed by atoms with Crippen LogP contribution in [-0.2, 0) is 5.41 Å². The van der Waals surface area contributed by atoms with E-state index in [1.807, 2.05) is 12.1 Å². The van der Waals surface area contributed by atoms with Gasteiger partial charge in [-0.15, -0.1) is 0 Å². The summed E-state index contributed by atoms with van der Waals surface area (Å²) in [6.07, 6.45) is -0.683. The van der Waals surface area contributed by atoms with Crippen LogP contribution in [0.2, 0.25) is 0 Å². The summed E-state index contributed by atoms with van der Waals surface area (Å²) in [5.74, 6) is -0.293. The Bertz CT molecular complexity index is 612. The molecule has 2 aromatic rings. The van der Waals surface area contributed by atoms with Crippen LogP contribution in [-0.4, -0.2) is 5.11 Å². The van der Waals surface area contributed by atoms with E-state index >= 15 is 0 Å². The number of rotatable bonds is 3. The number of aliphatic hydroxyl groups excluding tert-OH is 1. The lowest BCUT2D eigenvalue weighted by atomic mass is 9.87. The van der Waals surface area contributed by atoms with Gasteiger partial charge in [-0.2, -0.15) is 0 Å². The molecule has 21 heavy (non-hydrogen) atoms. The molecule has 0 radical (unpaired) electrons. The number of hydrogen-bond donors (Lipinski definition) is 1. The Morgan fingerprint density at radius 2 is 1.67 bits per heavy atom. The van der Waals surface area contributed by atoms with Gasteiger partial charge in [0.1, 0.15) is 5.82 Å². The number of hydrogen-bond acceptors (Lipinski definition) is 2. The maximum absolute atomic E-state index is 14.0. The first-order valence-corrected chi connectivity index (χ1v) is 7.85. The molecule has 0 aliphatic rings. The lowest BCUT2D eigenvalue weighted by Gasteiger charge is -2.19. The Balaban J connectivity index is 2.31. The monoisotopic (exact) mass is 304 g/mol. The summed E-state index contributed by atoms with van der Waals surface area (Å²) in [4.78, 5) is 1.46. The van der Waals surface area contributed by atoms with Crippen LogP contribution in [0, 0.1) is 5.82 Å². The molecule has 0 fully saturated rings. The van der Waals surface area contributed by atoms with Gasteiger partial charge in [-0.05, 0) is 41.7 Å². The molecule has 0 aromatic heterocycles. The second-order valence-electron chi connectivity index (χ2n) is 6.21. The standard InChI is InChI=1S/C18H21FOS/c1-12(20)15-6-5-7-16(19)17(15)21-14-10-8-13(9-11-14)18(2,3)4/h5-12,20H,1-4H3/t12-/m0/s1. The maximum Gasteiger partial charge on any atom is 0.137 e. The van der Waals surface area contributed by atoms with Crippen molar-refractivity contribution in [1.29, 1.82) is 0 Å². The van der Waals surface area contributed by atoms with E-state index in [0.717, 1.165) is 4.90 Å². The van der Waals surface area contributed by atoms with E-state index < -0.39 is 6.10 Å². The van der Waals surface area contributed by atoms with Crippen LogP contribution in [0.25, 0.3) is 0 Å². The molecule has 0 saturated heterocycles. The van der Waals surface area contributed by atoms with Crippen LogP contribution < -0.4 is 0 Å². The molecule has 1 atom stereocenters. The molecule has 112 valence electrons. The third kappa shape index (κ3) is 3.86. The van der Waals surface area contributed by atoms with Crippen molar-refractivity contribution in [3.05, 3.63) is 59.4 Å². The highest BCUT2D eigenvalue weighted by Crippen LogP contribution is 2.36. The van der Waals surface area contributed by atoms with Gasteiger partial charge in [-0.3, -0.25) is 0 Å². The van der Waals surface area contributed by atoms with E-state index in [1.165, 1.54) is 23.4 Å². The summed E-state index contributed by atoms with van der Waals surface area (Å²) in [6.45, 7) is 8.15. The highest BCUT2D eigenvalue weighted by molar-refractivity contribution is 7.99. The Hall–Kier alpha value is -1.32. The Labute approximate surface area is 130 Å². The molecule has 0 aliphatic carbocycles. The van der Waals surface area contributed by atoms with Gasteiger partial charge in [0, 0.05) is 4.90 Å². The molecular formula is C18H21FOS. The first kappa shape index (κ1) is 16.1. The Morgan fingerprint density at radius 3 is 2.19 bits per heavy atom. The molecular weight excluding hydrogens is 283 g/mol. The van der Waals surface area contributed by atoms with Gasteiger partial charge in [0.15, 0.2) is 0 Å². The maximum atomic E-state index is 14.0. The van der Waals surface area contributed by atoms with Crippen molar-refractivity contribution >= 4 is 11.8 Å². The molecule has 3 heteroatoms. The van der Waals surface area contributed by atoms with Gasteiger partial charge in [0.2, 0.25) is 0 Å². The van der Waals surface area contributed by atoms with Crippen LogP contribution in [0.5, 0.6) is 0 Å². The number of benzene rings is 2. The fourth-order valence-corrected chi connectivity index (χ4v) is 3.13. The van der Waals surface area contributed by atoms with Crippen LogP contribution >= 0.6 is 11.8 Å². The zero-order chi connectivity index (χ0) is 15.6. The molecule has 2 rings (SSSR count). The van der Waals surface area contributed by atoms with Gasteiger partial charge in [0.05, 0.1) is 11.0 Å². The Morgan fingerprint density at radius 1 is 1.05 bits per heavy atom. The van der Waals surface area contributed by atoms with E-state index in [-0.39, 0.29) is 11.2 Å². The minimum Gasteiger partial charge on any atom is -0.389 e. The summed E-state index contributed by atoms with van der Waals surface area (Å²) >= 11 is 1.35. The van der Waals surface area contributed by atoms with Gasteiger partial charge in [-0.1, -0.05) is 56.8 Å². The van der Waals surface area contributed by atoms with Crippen LogP contribution in [0.15, 0.2) is 52.3 Å². The number of aliphatic hydroxyl groups is 1. The average Bonchev–Trinajstić information content (AvgIpc) is 2.40. The summed E-state index contributed by atoms with van der Waals surface area (Å²) in [5.41, 5.74) is 1.97. The average molecular weight is 304 g/mol. The third-order valence-electron chi connectivity index (χ3n) is 3.39. The summed E-state index contributed by atoms with van der Waals surface area (Å²) < 4.78 is 14.0. The predicted octanol–water partition coefficient (Wildman–Crippen LogP) is 5.33. The minimum absolute atomic E-state index is 0.103. The molecule has 2 aromatic carbocycles. The lowest BCUT2D eigenvalue weighted by molar-refractivity contribution is 0.195. The van der Waals surface area contributed by atoms with E-state index in [0.29, 0.717) is 10.5 Å². The van der Waals surface area contributed by atoms with Crippen molar-refractivity contribution in [3.8, 4) is 0 Å². The van der Waals surface area contributed by atoms with Crippen molar-refractivity contribution < 1.29 is 9.50 Å². The minimum atomic E-state index is -0.683. The summed E-state index contributed by atoms with van der Waals surface area (Å²) in [7, 11) is 0. The normalized spacial score (nSPS) is 13.2. The molecule has 1 nitrogen and oxygen atoms in total. The topological polar surface area (TPSA) is 20.2 Å². The highest BCUT2D eigenvalue weighted by Gasteiger charge is 2.16. The van der Waals surface area contributed by atoms with Gasteiger partial charge in [-0.25, -0.2) is 4.39 Å². The zero-order valence-electron chi connectivity index (χ0n) is 12.9.